The van der Waals surface area contributed by atoms with E-state index in [9.17, 15) is 13.2 Å². The van der Waals surface area contributed by atoms with Gasteiger partial charge in [-0.3, -0.25) is 5.32 Å². The van der Waals surface area contributed by atoms with Crippen LogP contribution in [0.15, 0.2) is 24.3 Å². The maximum absolute atomic E-state index is 11.8. The van der Waals surface area contributed by atoms with Crippen LogP contribution in [0.1, 0.15) is 6.42 Å². The monoisotopic (exact) mass is 294 g/mol. The zero-order valence-corrected chi connectivity index (χ0v) is 11.4. The number of sulfone groups is 1. The maximum Gasteiger partial charge on any atom is 0.321 e. The average Bonchev–Trinajstić information content (AvgIpc) is 2.91. The van der Waals surface area contributed by atoms with Gasteiger partial charge in [-0.05, 0) is 18.6 Å². The summed E-state index contributed by atoms with van der Waals surface area (Å²) >= 11 is 0. The van der Waals surface area contributed by atoms with E-state index in [0.29, 0.717) is 12.4 Å². The number of amides is 2. The van der Waals surface area contributed by atoms with E-state index in [2.05, 4.69) is 20.6 Å². The zero-order valence-electron chi connectivity index (χ0n) is 10.6. The fourth-order valence-electron chi connectivity index (χ4n) is 2.25. The van der Waals surface area contributed by atoms with Crippen molar-refractivity contribution in [2.75, 3.05) is 16.8 Å². The highest BCUT2D eigenvalue weighted by Crippen LogP contribution is 2.14. The van der Waals surface area contributed by atoms with Crippen LogP contribution in [-0.4, -0.2) is 42.0 Å². The van der Waals surface area contributed by atoms with Gasteiger partial charge in [0, 0.05) is 6.04 Å². The molecule has 0 radical (unpaired) electrons. The Morgan fingerprint density at radius 2 is 2.15 bits per heavy atom. The van der Waals surface area contributed by atoms with Gasteiger partial charge < -0.3 is 10.3 Å². The molecule has 106 valence electrons. The summed E-state index contributed by atoms with van der Waals surface area (Å²) in [6.07, 6.45) is 0.454. The molecule has 0 bridgehead atoms. The van der Waals surface area contributed by atoms with Crippen LogP contribution in [-0.2, 0) is 9.84 Å². The third kappa shape index (κ3) is 2.74. The van der Waals surface area contributed by atoms with Crippen LogP contribution in [0.2, 0.25) is 0 Å². The number of hydrogen-bond acceptors (Lipinski definition) is 4. The molecule has 3 rings (SSSR count). The second-order valence-corrected chi connectivity index (χ2v) is 7.03. The van der Waals surface area contributed by atoms with Gasteiger partial charge in [0.2, 0.25) is 5.95 Å². The first-order valence-corrected chi connectivity index (χ1v) is 8.07. The second kappa shape index (κ2) is 4.78. The highest BCUT2D eigenvalue weighted by Gasteiger charge is 2.28. The Hall–Kier alpha value is -2.09. The summed E-state index contributed by atoms with van der Waals surface area (Å²) in [4.78, 5) is 19.0. The largest absolute Gasteiger partial charge is 0.334 e. The minimum absolute atomic E-state index is 0.000546. The minimum atomic E-state index is -3.00. The van der Waals surface area contributed by atoms with Crippen LogP contribution in [0, 0.1) is 0 Å². The number of anilines is 1. The van der Waals surface area contributed by atoms with Crippen molar-refractivity contribution >= 4 is 32.9 Å². The predicted molar refractivity (Wildman–Crippen MR) is 75.3 cm³/mol. The van der Waals surface area contributed by atoms with Crippen molar-refractivity contribution in [3.63, 3.8) is 0 Å². The molecule has 8 heteroatoms. The maximum atomic E-state index is 11.8. The number of urea groups is 1. The summed E-state index contributed by atoms with van der Waals surface area (Å²) < 4.78 is 22.6. The quantitative estimate of drug-likeness (QED) is 0.764. The van der Waals surface area contributed by atoms with Crippen LogP contribution < -0.4 is 10.6 Å². The number of carbonyl (C=O) groups is 1. The molecule has 2 amide bonds. The van der Waals surface area contributed by atoms with Crippen LogP contribution in [0.4, 0.5) is 10.7 Å². The van der Waals surface area contributed by atoms with E-state index in [4.69, 9.17) is 0 Å². The van der Waals surface area contributed by atoms with Crippen LogP contribution in [0.25, 0.3) is 11.0 Å². The second-order valence-electron chi connectivity index (χ2n) is 4.80. The number of para-hydroxylation sites is 2. The molecule has 1 aromatic heterocycles. The molecule has 2 aromatic rings. The molecule has 1 aliphatic rings. The van der Waals surface area contributed by atoms with Crippen LogP contribution in [0.5, 0.6) is 0 Å². The first-order chi connectivity index (χ1) is 9.52. The molecular formula is C12H14N4O3S. The third-order valence-electron chi connectivity index (χ3n) is 3.19. The first kappa shape index (κ1) is 12.9. The van der Waals surface area contributed by atoms with Crippen molar-refractivity contribution in [3.8, 4) is 0 Å². The SMILES string of the molecule is O=C(Nc1nc2ccccc2[nH]1)N[C@@H]1CCS(=O)(=O)C1. The molecule has 3 N–H and O–H groups in total. The van der Waals surface area contributed by atoms with Gasteiger partial charge in [-0.1, -0.05) is 12.1 Å². The predicted octanol–water partition coefficient (Wildman–Crippen LogP) is 0.872. The molecule has 1 fully saturated rings. The number of nitrogens with one attached hydrogen (secondary N) is 3. The Morgan fingerprint density at radius 3 is 2.85 bits per heavy atom. The number of hydrogen-bond donors (Lipinski definition) is 3. The van der Waals surface area contributed by atoms with Crippen molar-refractivity contribution in [2.24, 2.45) is 0 Å². The summed E-state index contributed by atoms with van der Waals surface area (Å²) in [6, 6.07) is 6.63. The number of carbonyl (C=O) groups excluding carboxylic acids is 1. The number of aromatic nitrogens is 2. The van der Waals surface area contributed by atoms with Crippen LogP contribution >= 0.6 is 0 Å². The number of imidazole rings is 1. The Balaban J connectivity index is 1.64. The topological polar surface area (TPSA) is 104 Å². The summed E-state index contributed by atoms with van der Waals surface area (Å²) in [5, 5.41) is 5.21. The number of aromatic amines is 1. The normalized spacial score (nSPS) is 20.9. The highest BCUT2D eigenvalue weighted by molar-refractivity contribution is 7.91. The molecule has 1 saturated heterocycles. The van der Waals surface area contributed by atoms with E-state index >= 15 is 0 Å². The molecule has 0 aliphatic carbocycles. The van der Waals surface area contributed by atoms with E-state index in [1.807, 2.05) is 24.3 Å². The van der Waals surface area contributed by atoms with Gasteiger partial charge in [0.05, 0.1) is 22.5 Å². The van der Waals surface area contributed by atoms with E-state index in [1.165, 1.54) is 0 Å². The lowest BCUT2D eigenvalue weighted by Crippen LogP contribution is -2.38. The summed E-state index contributed by atoms with van der Waals surface area (Å²) in [6.45, 7) is 0. The van der Waals surface area contributed by atoms with Crippen molar-refractivity contribution in [2.45, 2.75) is 12.5 Å². The Labute approximate surface area is 115 Å². The van der Waals surface area contributed by atoms with E-state index < -0.39 is 15.9 Å². The number of H-pyrrole nitrogens is 1. The molecule has 2 heterocycles. The molecule has 1 atom stereocenters. The van der Waals surface area contributed by atoms with Gasteiger partial charge in [0.1, 0.15) is 0 Å². The number of rotatable bonds is 2. The van der Waals surface area contributed by atoms with Gasteiger partial charge in [-0.25, -0.2) is 18.2 Å². The van der Waals surface area contributed by atoms with E-state index in [0.717, 1.165) is 11.0 Å². The van der Waals surface area contributed by atoms with Crippen molar-refractivity contribution in [3.05, 3.63) is 24.3 Å². The summed E-state index contributed by atoms with van der Waals surface area (Å²) in [7, 11) is -3.00. The third-order valence-corrected chi connectivity index (χ3v) is 4.96. The Kier molecular flexibility index (Phi) is 3.09. The Morgan fingerprint density at radius 1 is 1.35 bits per heavy atom. The lowest BCUT2D eigenvalue weighted by Gasteiger charge is -2.10. The van der Waals surface area contributed by atoms with Gasteiger partial charge in [0.15, 0.2) is 9.84 Å². The van der Waals surface area contributed by atoms with Crippen molar-refractivity contribution < 1.29 is 13.2 Å². The molecule has 20 heavy (non-hydrogen) atoms. The first-order valence-electron chi connectivity index (χ1n) is 6.24. The van der Waals surface area contributed by atoms with Gasteiger partial charge in [0.25, 0.3) is 0 Å². The fraction of sp³-hybridized carbons (Fsp3) is 0.333. The molecule has 0 spiro atoms. The summed E-state index contributed by atoms with van der Waals surface area (Å²) in [5.74, 6) is 0.466. The Bertz CT molecular complexity index is 720. The standard InChI is InChI=1S/C12H14N4O3S/c17-12(13-8-5-6-20(18,19)7-8)16-11-14-9-3-1-2-4-10(9)15-11/h1-4,8H,5-7H2,(H3,13,14,15,16,17)/t8-/m1/s1. The molecule has 0 saturated carbocycles. The average molecular weight is 294 g/mol. The van der Waals surface area contributed by atoms with Crippen molar-refractivity contribution in [1.82, 2.24) is 15.3 Å². The molecule has 0 unspecified atom stereocenters. The number of benzene rings is 1. The smallest absolute Gasteiger partial charge is 0.321 e. The summed E-state index contributed by atoms with van der Waals surface area (Å²) in [5.41, 5.74) is 1.58. The van der Waals surface area contributed by atoms with Gasteiger partial charge >= 0.3 is 6.03 Å². The lowest BCUT2D eigenvalue weighted by atomic mass is 10.3. The molecule has 1 aromatic carbocycles. The van der Waals surface area contributed by atoms with Gasteiger partial charge in [-0.15, -0.1) is 0 Å². The lowest BCUT2D eigenvalue weighted by molar-refractivity contribution is 0.249. The van der Waals surface area contributed by atoms with Crippen LogP contribution in [0.3, 0.4) is 0 Å². The number of fused-ring (bicyclic) bond motifs is 1. The molecular weight excluding hydrogens is 280 g/mol. The highest BCUT2D eigenvalue weighted by atomic mass is 32.2. The van der Waals surface area contributed by atoms with E-state index in [1.54, 1.807) is 0 Å². The van der Waals surface area contributed by atoms with E-state index in [-0.39, 0.29) is 17.5 Å². The molecule has 7 nitrogen and oxygen atoms in total. The van der Waals surface area contributed by atoms with Gasteiger partial charge in [-0.2, -0.15) is 0 Å². The minimum Gasteiger partial charge on any atom is -0.334 e. The molecule has 1 aliphatic heterocycles. The van der Waals surface area contributed by atoms with Crippen molar-refractivity contribution in [1.29, 1.82) is 0 Å². The fourth-order valence-corrected chi connectivity index (χ4v) is 3.92. The zero-order chi connectivity index (χ0) is 14.2. The number of nitrogens with zero attached hydrogens (tertiary/aromatic N) is 1.